The second-order valence-electron chi connectivity index (χ2n) is 5.08. The summed E-state index contributed by atoms with van der Waals surface area (Å²) in [6.45, 7) is 6.71. The van der Waals surface area contributed by atoms with Crippen LogP contribution in [0.1, 0.15) is 27.2 Å². The van der Waals surface area contributed by atoms with Gasteiger partial charge in [-0.05, 0) is 32.9 Å². The average molecular weight is 293 g/mol. The minimum absolute atomic E-state index is 0.0205. The number of rotatable bonds is 7. The van der Waals surface area contributed by atoms with Crippen molar-refractivity contribution in [3.8, 4) is 0 Å². The van der Waals surface area contributed by atoms with Crippen molar-refractivity contribution in [2.24, 2.45) is 5.73 Å². The smallest absolute Gasteiger partial charge is 0.241 e. The molecular weight excluding hydrogens is 270 g/mol. The molecule has 0 spiro atoms. The summed E-state index contributed by atoms with van der Waals surface area (Å²) in [5.41, 5.74) is 6.35. The minimum Gasteiger partial charge on any atom is -0.393 e. The molecule has 1 aromatic carbocycles. The second-order valence-corrected chi connectivity index (χ2v) is 5.60. The molecule has 1 atom stereocenters. The molecule has 5 heteroatoms. The number of nitrogens with two attached hydrogens (primary N) is 1. The first-order valence-electron chi connectivity index (χ1n) is 6.81. The fraction of sp³-hybridized carbons (Fsp3) is 0.467. The quantitative estimate of drug-likeness (QED) is 0.758. The molecule has 20 heavy (non-hydrogen) atoms. The van der Waals surface area contributed by atoms with E-state index < -0.39 is 0 Å². The van der Waals surface area contributed by atoms with E-state index >= 15 is 0 Å². The highest BCUT2D eigenvalue weighted by atomic mass is 32.1. The number of amides is 1. The molecule has 0 saturated heterocycles. The summed E-state index contributed by atoms with van der Waals surface area (Å²) in [5, 5.41) is 2.92. The normalized spacial score (nSPS) is 12.4. The Kier molecular flexibility index (Phi) is 6.61. The Hall–Kier alpha value is -1.46. The predicted octanol–water partition coefficient (Wildman–Crippen LogP) is 2.40. The summed E-state index contributed by atoms with van der Waals surface area (Å²) in [4.78, 5) is 14.9. The Morgan fingerprint density at radius 1 is 1.30 bits per heavy atom. The highest BCUT2D eigenvalue weighted by molar-refractivity contribution is 7.80. The summed E-state index contributed by atoms with van der Waals surface area (Å²) < 4.78 is 0. The molecular formula is C15H23N3OS. The van der Waals surface area contributed by atoms with E-state index in [9.17, 15) is 4.79 Å². The van der Waals surface area contributed by atoms with Gasteiger partial charge in [0.1, 0.15) is 0 Å². The molecule has 1 aromatic rings. The molecule has 0 aliphatic carbocycles. The van der Waals surface area contributed by atoms with E-state index in [1.807, 2.05) is 37.3 Å². The van der Waals surface area contributed by atoms with Crippen molar-refractivity contribution in [2.75, 3.05) is 11.9 Å². The number of benzene rings is 1. The van der Waals surface area contributed by atoms with Crippen molar-refractivity contribution in [3.63, 3.8) is 0 Å². The maximum Gasteiger partial charge on any atom is 0.241 e. The Balaban J connectivity index is 2.66. The second kappa shape index (κ2) is 7.97. The lowest BCUT2D eigenvalue weighted by molar-refractivity contribution is -0.121. The molecule has 110 valence electrons. The van der Waals surface area contributed by atoms with Gasteiger partial charge in [0, 0.05) is 24.7 Å². The molecule has 0 fully saturated rings. The number of nitrogens with zero attached hydrogens (tertiary/aromatic N) is 1. The minimum atomic E-state index is -0.232. The van der Waals surface area contributed by atoms with Crippen LogP contribution in [0.25, 0.3) is 0 Å². The van der Waals surface area contributed by atoms with E-state index in [1.54, 1.807) is 0 Å². The van der Waals surface area contributed by atoms with Crippen LogP contribution >= 0.6 is 12.2 Å². The zero-order chi connectivity index (χ0) is 15.1. The van der Waals surface area contributed by atoms with Crippen molar-refractivity contribution >= 4 is 28.8 Å². The van der Waals surface area contributed by atoms with Gasteiger partial charge in [-0.25, -0.2) is 0 Å². The van der Waals surface area contributed by atoms with Gasteiger partial charge in [0.05, 0.1) is 11.0 Å². The van der Waals surface area contributed by atoms with Crippen molar-refractivity contribution < 1.29 is 4.79 Å². The molecule has 1 amide bonds. The van der Waals surface area contributed by atoms with E-state index in [1.165, 1.54) is 0 Å². The zero-order valence-electron chi connectivity index (χ0n) is 12.3. The van der Waals surface area contributed by atoms with Gasteiger partial charge in [0.15, 0.2) is 0 Å². The van der Waals surface area contributed by atoms with Gasteiger partial charge < -0.3 is 11.1 Å². The van der Waals surface area contributed by atoms with Gasteiger partial charge in [0.25, 0.3) is 0 Å². The largest absolute Gasteiger partial charge is 0.393 e. The van der Waals surface area contributed by atoms with E-state index in [-0.39, 0.29) is 18.0 Å². The molecule has 0 radical (unpaired) electrons. The lowest BCUT2D eigenvalue weighted by atomic mass is 10.1. The van der Waals surface area contributed by atoms with Crippen LogP contribution in [0.4, 0.5) is 5.69 Å². The molecule has 0 bridgehead atoms. The number of hydrogen-bond donors (Lipinski definition) is 2. The fourth-order valence-electron chi connectivity index (χ4n) is 2.06. The molecule has 4 nitrogen and oxygen atoms in total. The average Bonchev–Trinajstić information content (AvgIpc) is 2.39. The van der Waals surface area contributed by atoms with E-state index in [4.69, 9.17) is 18.0 Å². The van der Waals surface area contributed by atoms with Gasteiger partial charge in [-0.3, -0.25) is 9.69 Å². The van der Waals surface area contributed by atoms with Crippen LogP contribution in [0.15, 0.2) is 30.3 Å². The van der Waals surface area contributed by atoms with Crippen LogP contribution in [0.3, 0.4) is 0 Å². The van der Waals surface area contributed by atoms with Gasteiger partial charge >= 0.3 is 0 Å². The van der Waals surface area contributed by atoms with Crippen molar-refractivity contribution in [3.05, 3.63) is 30.3 Å². The first kappa shape index (κ1) is 16.6. The zero-order valence-corrected chi connectivity index (χ0v) is 13.1. The molecule has 0 aliphatic heterocycles. The Bertz CT molecular complexity index is 448. The molecule has 0 aromatic heterocycles. The van der Waals surface area contributed by atoms with Gasteiger partial charge in [0.2, 0.25) is 5.91 Å². The number of carbonyl (C=O) groups excluding carboxylic acids is 1. The van der Waals surface area contributed by atoms with Crippen LogP contribution in [-0.4, -0.2) is 34.4 Å². The van der Waals surface area contributed by atoms with Gasteiger partial charge in [-0.2, -0.15) is 0 Å². The Morgan fingerprint density at radius 3 is 2.40 bits per heavy atom. The topological polar surface area (TPSA) is 58.4 Å². The highest BCUT2D eigenvalue weighted by Crippen LogP contribution is 2.11. The molecule has 3 N–H and O–H groups in total. The van der Waals surface area contributed by atoms with E-state index in [0.717, 1.165) is 5.69 Å². The van der Waals surface area contributed by atoms with Crippen molar-refractivity contribution in [2.45, 2.75) is 39.3 Å². The number of anilines is 1. The third-order valence-electron chi connectivity index (χ3n) is 3.20. The van der Waals surface area contributed by atoms with Crippen LogP contribution in [0, 0.1) is 0 Å². The summed E-state index contributed by atoms with van der Waals surface area (Å²) in [6.07, 6.45) is 0.621. The first-order chi connectivity index (χ1) is 9.41. The third-order valence-corrected chi connectivity index (χ3v) is 3.40. The first-order valence-corrected chi connectivity index (χ1v) is 7.22. The summed E-state index contributed by atoms with van der Waals surface area (Å²) in [7, 11) is 0. The van der Waals surface area contributed by atoms with Gasteiger partial charge in [-0.1, -0.05) is 30.4 Å². The van der Waals surface area contributed by atoms with Crippen LogP contribution in [0.2, 0.25) is 0 Å². The van der Waals surface area contributed by atoms with Crippen molar-refractivity contribution in [1.29, 1.82) is 0 Å². The maximum absolute atomic E-state index is 12.3. The standard InChI is InChI=1S/C15H23N3OS/c1-11(2)18(10-9-14(16)20)12(3)15(19)17-13-7-5-4-6-8-13/h4-8,11-12H,9-10H2,1-3H3,(H2,16,20)(H,17,19). The maximum atomic E-state index is 12.3. The molecule has 0 aliphatic rings. The van der Waals surface area contributed by atoms with Crippen LogP contribution in [0.5, 0.6) is 0 Å². The summed E-state index contributed by atoms with van der Waals surface area (Å²) >= 11 is 4.91. The summed E-state index contributed by atoms with van der Waals surface area (Å²) in [5.74, 6) is -0.0205. The molecule has 1 unspecified atom stereocenters. The monoisotopic (exact) mass is 293 g/mol. The molecule has 0 heterocycles. The van der Waals surface area contributed by atoms with Crippen LogP contribution in [-0.2, 0) is 4.79 Å². The fourth-order valence-corrected chi connectivity index (χ4v) is 2.15. The third kappa shape index (κ3) is 5.27. The van der Waals surface area contributed by atoms with Crippen LogP contribution < -0.4 is 11.1 Å². The molecule has 0 saturated carbocycles. The number of hydrogen-bond acceptors (Lipinski definition) is 3. The van der Waals surface area contributed by atoms with Gasteiger partial charge in [-0.15, -0.1) is 0 Å². The number of para-hydroxylation sites is 1. The lowest BCUT2D eigenvalue weighted by Crippen LogP contribution is -2.46. The summed E-state index contributed by atoms with van der Waals surface area (Å²) in [6, 6.07) is 9.48. The highest BCUT2D eigenvalue weighted by Gasteiger charge is 2.23. The van der Waals surface area contributed by atoms with E-state index in [0.29, 0.717) is 18.0 Å². The van der Waals surface area contributed by atoms with Crippen molar-refractivity contribution in [1.82, 2.24) is 4.90 Å². The predicted molar refractivity (Wildman–Crippen MR) is 87.8 cm³/mol. The lowest BCUT2D eigenvalue weighted by Gasteiger charge is -2.31. The Morgan fingerprint density at radius 2 is 1.90 bits per heavy atom. The number of thiocarbonyl (C=S) groups is 1. The number of carbonyl (C=O) groups is 1. The Labute approximate surface area is 126 Å². The number of nitrogens with one attached hydrogen (secondary N) is 1. The van der Waals surface area contributed by atoms with E-state index in [2.05, 4.69) is 24.1 Å². The molecule has 1 rings (SSSR count). The SMILES string of the molecule is CC(C)N(CCC(N)=S)C(C)C(=O)Nc1ccccc1.